The molecule has 2 atom stereocenters. The summed E-state index contributed by atoms with van der Waals surface area (Å²) < 4.78 is 1.84. The van der Waals surface area contributed by atoms with Gasteiger partial charge in [0.25, 0.3) is 0 Å². The van der Waals surface area contributed by atoms with Crippen molar-refractivity contribution in [1.29, 1.82) is 0 Å². The fourth-order valence-corrected chi connectivity index (χ4v) is 2.23. The molecule has 1 heterocycles. The molecule has 3 nitrogen and oxygen atoms in total. The lowest BCUT2D eigenvalue weighted by atomic mass is 9.92. The molecule has 1 aromatic carbocycles. The quantitative estimate of drug-likeness (QED) is 0.897. The van der Waals surface area contributed by atoms with Gasteiger partial charge >= 0.3 is 0 Å². The summed E-state index contributed by atoms with van der Waals surface area (Å²) in [6, 6.07) is 12.2. The van der Waals surface area contributed by atoms with Crippen LogP contribution < -0.4 is 0 Å². The second kappa shape index (κ2) is 5.36. The molecule has 0 saturated carbocycles. The second-order valence-electron chi connectivity index (χ2n) is 4.87. The van der Waals surface area contributed by atoms with Crippen LogP contribution in [0.15, 0.2) is 36.4 Å². The van der Waals surface area contributed by atoms with Crippen LogP contribution >= 0.6 is 0 Å². The average Bonchev–Trinajstić information content (AvgIpc) is 2.68. The monoisotopic (exact) mass is 244 g/mol. The molecule has 0 saturated heterocycles. The van der Waals surface area contributed by atoms with E-state index in [1.165, 1.54) is 5.56 Å². The van der Waals surface area contributed by atoms with E-state index in [-0.39, 0.29) is 12.0 Å². The van der Waals surface area contributed by atoms with Crippen molar-refractivity contribution >= 4 is 0 Å². The molecule has 1 aromatic heterocycles. The van der Waals surface area contributed by atoms with Gasteiger partial charge < -0.3 is 5.11 Å². The van der Waals surface area contributed by atoms with Crippen molar-refractivity contribution in [3.63, 3.8) is 0 Å². The van der Waals surface area contributed by atoms with Gasteiger partial charge in [-0.3, -0.25) is 4.68 Å². The summed E-state index contributed by atoms with van der Waals surface area (Å²) in [5, 5.41) is 14.6. The highest BCUT2D eigenvalue weighted by atomic mass is 16.3. The molecule has 18 heavy (non-hydrogen) atoms. The van der Waals surface area contributed by atoms with Gasteiger partial charge in [0, 0.05) is 25.1 Å². The van der Waals surface area contributed by atoms with Gasteiger partial charge in [0.2, 0.25) is 0 Å². The summed E-state index contributed by atoms with van der Waals surface area (Å²) in [7, 11) is 1.92. The van der Waals surface area contributed by atoms with Gasteiger partial charge in [-0.1, -0.05) is 37.3 Å². The minimum absolute atomic E-state index is 0.126. The first-order valence-electron chi connectivity index (χ1n) is 6.30. The van der Waals surface area contributed by atoms with Crippen LogP contribution in [0.25, 0.3) is 0 Å². The summed E-state index contributed by atoms with van der Waals surface area (Å²) in [6.07, 6.45) is 0.245. The van der Waals surface area contributed by atoms with Crippen LogP contribution in [0.2, 0.25) is 0 Å². The molecule has 0 amide bonds. The Morgan fingerprint density at radius 3 is 2.50 bits per heavy atom. The van der Waals surface area contributed by atoms with Crippen LogP contribution in [0.3, 0.4) is 0 Å². The molecule has 96 valence electrons. The second-order valence-corrected chi connectivity index (χ2v) is 4.87. The van der Waals surface area contributed by atoms with Gasteiger partial charge in [-0.15, -0.1) is 0 Å². The molecule has 3 heteroatoms. The predicted molar refractivity (Wildman–Crippen MR) is 72.5 cm³/mol. The van der Waals surface area contributed by atoms with Gasteiger partial charge in [0.15, 0.2) is 0 Å². The summed E-state index contributed by atoms with van der Waals surface area (Å²) in [4.78, 5) is 0. The number of aryl methyl sites for hydroxylation is 2. The normalized spacial score (nSPS) is 14.4. The maximum Gasteiger partial charge on any atom is 0.0661 e. The van der Waals surface area contributed by atoms with Gasteiger partial charge in [0.1, 0.15) is 0 Å². The van der Waals surface area contributed by atoms with E-state index in [4.69, 9.17) is 0 Å². The van der Waals surface area contributed by atoms with Crippen LogP contribution in [0.1, 0.15) is 29.8 Å². The first-order valence-corrected chi connectivity index (χ1v) is 6.30. The number of hydrogen-bond acceptors (Lipinski definition) is 2. The first kappa shape index (κ1) is 12.8. The number of hydrogen-bond donors (Lipinski definition) is 1. The van der Waals surface area contributed by atoms with Crippen LogP contribution in [-0.4, -0.2) is 21.0 Å². The van der Waals surface area contributed by atoms with Crippen molar-refractivity contribution in [3.05, 3.63) is 53.3 Å². The zero-order valence-corrected chi connectivity index (χ0v) is 11.2. The Balaban J connectivity index is 2.08. The van der Waals surface area contributed by atoms with Crippen LogP contribution in [0.4, 0.5) is 0 Å². The molecule has 2 rings (SSSR count). The molecular formula is C15H20N2O. The van der Waals surface area contributed by atoms with Crippen molar-refractivity contribution in [1.82, 2.24) is 9.78 Å². The van der Waals surface area contributed by atoms with Crippen molar-refractivity contribution in [3.8, 4) is 0 Å². The lowest BCUT2D eigenvalue weighted by Gasteiger charge is -2.19. The molecule has 0 fully saturated rings. The van der Waals surface area contributed by atoms with Gasteiger partial charge in [0.05, 0.1) is 11.8 Å². The third-order valence-electron chi connectivity index (χ3n) is 3.42. The fraction of sp³-hybridized carbons (Fsp3) is 0.400. The standard InChI is InChI=1S/C15H20N2O/c1-11-9-14(17(3)16-11)10-15(18)12(2)13-7-5-4-6-8-13/h4-9,12,15,18H,10H2,1-3H3. The van der Waals surface area contributed by atoms with Gasteiger partial charge in [-0.2, -0.15) is 5.10 Å². The Hall–Kier alpha value is -1.61. The lowest BCUT2D eigenvalue weighted by Crippen LogP contribution is -2.20. The molecule has 0 aliphatic carbocycles. The van der Waals surface area contributed by atoms with Crippen molar-refractivity contribution < 1.29 is 5.11 Å². The Kier molecular flexibility index (Phi) is 3.82. The number of benzene rings is 1. The minimum atomic E-state index is -0.387. The largest absolute Gasteiger partial charge is 0.392 e. The third-order valence-corrected chi connectivity index (χ3v) is 3.42. The Labute approximate surface area is 108 Å². The number of rotatable bonds is 4. The van der Waals surface area contributed by atoms with Crippen molar-refractivity contribution in [2.75, 3.05) is 0 Å². The molecule has 0 bridgehead atoms. The predicted octanol–water partition coefficient (Wildman–Crippen LogP) is 2.44. The van der Waals surface area contributed by atoms with E-state index >= 15 is 0 Å². The van der Waals surface area contributed by atoms with Crippen LogP contribution in [0.5, 0.6) is 0 Å². The van der Waals surface area contributed by atoms with E-state index in [0.717, 1.165) is 11.4 Å². The Morgan fingerprint density at radius 2 is 1.94 bits per heavy atom. The Morgan fingerprint density at radius 1 is 1.28 bits per heavy atom. The minimum Gasteiger partial charge on any atom is -0.392 e. The highest BCUT2D eigenvalue weighted by Crippen LogP contribution is 2.21. The maximum absolute atomic E-state index is 10.3. The average molecular weight is 244 g/mol. The zero-order chi connectivity index (χ0) is 13.1. The topological polar surface area (TPSA) is 38.0 Å². The van der Waals surface area contributed by atoms with E-state index in [1.807, 2.05) is 42.9 Å². The van der Waals surface area contributed by atoms with E-state index < -0.39 is 0 Å². The molecule has 1 N–H and O–H groups in total. The molecule has 0 aliphatic heterocycles. The van der Waals surface area contributed by atoms with Crippen molar-refractivity contribution in [2.45, 2.75) is 32.3 Å². The molecule has 0 aliphatic rings. The maximum atomic E-state index is 10.3. The molecule has 2 unspecified atom stereocenters. The third kappa shape index (κ3) is 2.79. The van der Waals surface area contributed by atoms with E-state index in [1.54, 1.807) is 0 Å². The smallest absolute Gasteiger partial charge is 0.0661 e. The molecular weight excluding hydrogens is 224 g/mol. The number of nitrogens with zero attached hydrogens (tertiary/aromatic N) is 2. The van der Waals surface area contributed by atoms with Gasteiger partial charge in [-0.25, -0.2) is 0 Å². The summed E-state index contributed by atoms with van der Waals surface area (Å²) in [6.45, 7) is 4.03. The van der Waals surface area contributed by atoms with E-state index in [0.29, 0.717) is 6.42 Å². The summed E-state index contributed by atoms with van der Waals surface area (Å²) in [5.41, 5.74) is 3.23. The first-order chi connectivity index (χ1) is 8.58. The molecule has 2 aromatic rings. The number of aromatic nitrogens is 2. The van der Waals surface area contributed by atoms with E-state index in [9.17, 15) is 5.11 Å². The summed E-state index contributed by atoms with van der Waals surface area (Å²) in [5.74, 6) is 0.126. The SMILES string of the molecule is Cc1cc(CC(O)C(C)c2ccccc2)n(C)n1. The highest BCUT2D eigenvalue weighted by molar-refractivity contribution is 5.21. The number of aliphatic hydroxyl groups excluding tert-OH is 1. The van der Waals surface area contributed by atoms with Crippen LogP contribution in [0, 0.1) is 6.92 Å². The number of aliphatic hydroxyl groups is 1. The summed E-state index contributed by atoms with van der Waals surface area (Å²) >= 11 is 0. The molecule has 0 radical (unpaired) electrons. The zero-order valence-electron chi connectivity index (χ0n) is 11.2. The Bertz CT molecular complexity index is 504. The lowest BCUT2D eigenvalue weighted by molar-refractivity contribution is 0.147. The van der Waals surface area contributed by atoms with Crippen LogP contribution in [-0.2, 0) is 13.5 Å². The molecule has 0 spiro atoms. The highest BCUT2D eigenvalue weighted by Gasteiger charge is 2.18. The van der Waals surface area contributed by atoms with Gasteiger partial charge in [-0.05, 0) is 18.6 Å². The van der Waals surface area contributed by atoms with Crippen molar-refractivity contribution in [2.24, 2.45) is 7.05 Å². The van der Waals surface area contributed by atoms with E-state index in [2.05, 4.69) is 24.2 Å². The fourth-order valence-electron chi connectivity index (χ4n) is 2.23.